The van der Waals surface area contributed by atoms with E-state index in [1.807, 2.05) is 6.07 Å². The molecule has 4 nitrogen and oxygen atoms in total. The molecule has 80 valence electrons. The monoisotopic (exact) mass is 252 g/mol. The Labute approximate surface area is 102 Å². The first-order valence-electron chi connectivity index (χ1n) is 4.44. The van der Waals surface area contributed by atoms with Crippen LogP contribution in [0.5, 0.6) is 0 Å². The van der Waals surface area contributed by atoms with Gasteiger partial charge in [0.2, 0.25) is 0 Å². The van der Waals surface area contributed by atoms with Gasteiger partial charge in [0.15, 0.2) is 5.82 Å². The summed E-state index contributed by atoms with van der Waals surface area (Å²) in [6.07, 6.45) is 0.196. The molecule has 1 N–H and O–H groups in total. The maximum atomic E-state index is 8.51. The minimum atomic E-state index is 0.196. The number of aromatic amines is 1. The third kappa shape index (κ3) is 2.32. The zero-order valence-electron chi connectivity index (χ0n) is 8.04. The van der Waals surface area contributed by atoms with Crippen LogP contribution in [-0.2, 0) is 6.42 Å². The molecule has 1 aromatic carbocycles. The van der Waals surface area contributed by atoms with E-state index in [0.717, 1.165) is 5.56 Å². The van der Waals surface area contributed by atoms with E-state index in [1.54, 1.807) is 18.2 Å². The molecule has 2 aromatic rings. The third-order valence-electron chi connectivity index (χ3n) is 1.90. The van der Waals surface area contributed by atoms with E-state index in [-0.39, 0.29) is 6.42 Å². The Balaban J connectivity index is 2.39. The smallest absolute Gasteiger partial charge is 0.181 e. The number of benzene rings is 1. The second-order valence-electron chi connectivity index (χ2n) is 3.10. The number of nitriles is 1. The van der Waals surface area contributed by atoms with Crippen LogP contribution in [0.2, 0.25) is 10.0 Å². The van der Waals surface area contributed by atoms with Crippen molar-refractivity contribution in [2.24, 2.45) is 0 Å². The van der Waals surface area contributed by atoms with Gasteiger partial charge in [-0.05, 0) is 18.2 Å². The van der Waals surface area contributed by atoms with Crippen molar-refractivity contribution in [1.29, 1.82) is 5.26 Å². The van der Waals surface area contributed by atoms with Crippen molar-refractivity contribution < 1.29 is 0 Å². The van der Waals surface area contributed by atoms with Gasteiger partial charge in [0.1, 0.15) is 5.82 Å². The summed E-state index contributed by atoms with van der Waals surface area (Å²) in [5.74, 6) is 1.00. The van der Waals surface area contributed by atoms with Gasteiger partial charge in [0.05, 0.1) is 12.5 Å². The molecule has 0 saturated heterocycles. The molecule has 0 unspecified atom stereocenters. The third-order valence-corrected chi connectivity index (χ3v) is 2.34. The summed E-state index contributed by atoms with van der Waals surface area (Å²) >= 11 is 11.7. The zero-order chi connectivity index (χ0) is 11.5. The van der Waals surface area contributed by atoms with Crippen molar-refractivity contribution in [3.63, 3.8) is 0 Å². The highest BCUT2D eigenvalue weighted by atomic mass is 35.5. The highest BCUT2D eigenvalue weighted by molar-refractivity contribution is 6.35. The standard InChI is InChI=1S/C10H6Cl2N4/c11-7-3-6(4-8(12)5-7)10-14-9(1-2-13)15-16-10/h3-5H,1H2,(H,14,15,16). The van der Waals surface area contributed by atoms with Crippen LogP contribution < -0.4 is 0 Å². The predicted molar refractivity (Wildman–Crippen MR) is 61.2 cm³/mol. The van der Waals surface area contributed by atoms with E-state index < -0.39 is 0 Å². The van der Waals surface area contributed by atoms with Crippen LogP contribution in [0.25, 0.3) is 11.4 Å². The number of hydrogen-bond acceptors (Lipinski definition) is 3. The zero-order valence-corrected chi connectivity index (χ0v) is 9.55. The largest absolute Gasteiger partial charge is 0.262 e. The van der Waals surface area contributed by atoms with E-state index in [2.05, 4.69) is 15.2 Å². The van der Waals surface area contributed by atoms with Crippen molar-refractivity contribution in [1.82, 2.24) is 15.2 Å². The van der Waals surface area contributed by atoms with Crippen molar-refractivity contribution >= 4 is 23.2 Å². The average molecular weight is 253 g/mol. The minimum absolute atomic E-state index is 0.196. The first kappa shape index (κ1) is 10.9. The molecule has 0 saturated carbocycles. The van der Waals surface area contributed by atoms with Gasteiger partial charge in [-0.3, -0.25) is 5.10 Å². The fourth-order valence-electron chi connectivity index (χ4n) is 1.26. The Hall–Kier alpha value is -1.57. The van der Waals surface area contributed by atoms with Gasteiger partial charge in [0.25, 0.3) is 0 Å². The summed E-state index contributed by atoms with van der Waals surface area (Å²) in [6.45, 7) is 0. The highest BCUT2D eigenvalue weighted by Crippen LogP contribution is 2.24. The molecule has 6 heteroatoms. The van der Waals surface area contributed by atoms with E-state index in [1.165, 1.54) is 0 Å². The molecule has 0 aliphatic carbocycles. The topological polar surface area (TPSA) is 65.4 Å². The molecule has 0 amide bonds. The molecule has 1 heterocycles. The second kappa shape index (κ2) is 4.52. The van der Waals surface area contributed by atoms with Crippen LogP contribution >= 0.6 is 23.2 Å². The van der Waals surface area contributed by atoms with Gasteiger partial charge >= 0.3 is 0 Å². The molecule has 0 bridgehead atoms. The number of H-pyrrole nitrogens is 1. The Morgan fingerprint density at radius 3 is 2.56 bits per heavy atom. The van der Waals surface area contributed by atoms with Gasteiger partial charge in [-0.1, -0.05) is 23.2 Å². The van der Waals surface area contributed by atoms with E-state index in [0.29, 0.717) is 21.7 Å². The van der Waals surface area contributed by atoms with Gasteiger partial charge in [0, 0.05) is 15.6 Å². The molecule has 2 rings (SSSR count). The van der Waals surface area contributed by atoms with Crippen LogP contribution in [0.15, 0.2) is 18.2 Å². The van der Waals surface area contributed by atoms with Crippen LogP contribution in [0.1, 0.15) is 5.82 Å². The first-order valence-corrected chi connectivity index (χ1v) is 5.19. The van der Waals surface area contributed by atoms with Crippen LogP contribution in [0.3, 0.4) is 0 Å². The molecule has 0 radical (unpaired) electrons. The molecular weight excluding hydrogens is 247 g/mol. The van der Waals surface area contributed by atoms with Crippen molar-refractivity contribution in [3.05, 3.63) is 34.1 Å². The lowest BCUT2D eigenvalue weighted by Crippen LogP contribution is -1.84. The van der Waals surface area contributed by atoms with Crippen LogP contribution in [-0.4, -0.2) is 15.2 Å². The Bertz CT molecular complexity index is 536. The van der Waals surface area contributed by atoms with Gasteiger partial charge in [-0.2, -0.15) is 10.4 Å². The fraction of sp³-hybridized carbons (Fsp3) is 0.100. The maximum absolute atomic E-state index is 8.51. The van der Waals surface area contributed by atoms with Gasteiger partial charge in [-0.15, -0.1) is 0 Å². The van der Waals surface area contributed by atoms with Gasteiger partial charge < -0.3 is 0 Å². The number of hydrogen-bond donors (Lipinski definition) is 1. The Kier molecular flexibility index (Phi) is 3.09. The summed E-state index contributed by atoms with van der Waals surface area (Å²) in [5, 5.41) is 16.2. The van der Waals surface area contributed by atoms with Crippen molar-refractivity contribution in [2.45, 2.75) is 6.42 Å². The van der Waals surface area contributed by atoms with E-state index >= 15 is 0 Å². The van der Waals surface area contributed by atoms with Crippen LogP contribution in [0, 0.1) is 11.3 Å². The summed E-state index contributed by atoms with van der Waals surface area (Å²) in [4.78, 5) is 4.15. The predicted octanol–water partition coefficient (Wildman–Crippen LogP) is 2.84. The van der Waals surface area contributed by atoms with Crippen LogP contribution in [0.4, 0.5) is 0 Å². The highest BCUT2D eigenvalue weighted by Gasteiger charge is 2.07. The van der Waals surface area contributed by atoms with E-state index in [4.69, 9.17) is 28.5 Å². The molecule has 1 aromatic heterocycles. The first-order chi connectivity index (χ1) is 7.69. The molecule has 0 aliphatic rings. The lowest BCUT2D eigenvalue weighted by Gasteiger charge is -1.97. The summed E-state index contributed by atoms with van der Waals surface area (Å²) < 4.78 is 0. The molecule has 0 aliphatic heterocycles. The number of nitrogens with zero attached hydrogens (tertiary/aromatic N) is 3. The van der Waals surface area contributed by atoms with Crippen molar-refractivity contribution in [2.75, 3.05) is 0 Å². The second-order valence-corrected chi connectivity index (χ2v) is 3.97. The number of aromatic nitrogens is 3. The molecule has 0 spiro atoms. The maximum Gasteiger partial charge on any atom is 0.181 e. The van der Waals surface area contributed by atoms with Crippen molar-refractivity contribution in [3.8, 4) is 17.5 Å². The average Bonchev–Trinajstić information content (AvgIpc) is 2.65. The molecular formula is C10H6Cl2N4. The number of nitrogens with one attached hydrogen (secondary N) is 1. The fourth-order valence-corrected chi connectivity index (χ4v) is 1.79. The Morgan fingerprint density at radius 1 is 1.25 bits per heavy atom. The Morgan fingerprint density at radius 2 is 1.94 bits per heavy atom. The lowest BCUT2D eigenvalue weighted by molar-refractivity contribution is 0.996. The molecule has 16 heavy (non-hydrogen) atoms. The minimum Gasteiger partial charge on any atom is -0.262 e. The quantitative estimate of drug-likeness (QED) is 0.894. The summed E-state index contributed by atoms with van der Waals surface area (Å²) in [7, 11) is 0. The normalized spacial score (nSPS) is 10.1. The molecule has 0 fully saturated rings. The molecule has 0 atom stereocenters. The van der Waals surface area contributed by atoms with E-state index in [9.17, 15) is 0 Å². The number of halogens is 2. The number of rotatable bonds is 2. The summed E-state index contributed by atoms with van der Waals surface area (Å²) in [6, 6.07) is 7.05. The summed E-state index contributed by atoms with van der Waals surface area (Å²) in [5.41, 5.74) is 0.720. The lowest BCUT2D eigenvalue weighted by atomic mass is 10.2. The SMILES string of the molecule is N#CCc1nc(-c2cc(Cl)cc(Cl)c2)n[nH]1. The van der Waals surface area contributed by atoms with Gasteiger partial charge in [-0.25, -0.2) is 4.98 Å².